The maximum Gasteiger partial charge on any atom is 0.255 e. The summed E-state index contributed by atoms with van der Waals surface area (Å²) in [6.07, 6.45) is 5.14. The quantitative estimate of drug-likeness (QED) is 0.707. The second-order valence-corrected chi connectivity index (χ2v) is 6.15. The number of hydrogen-bond acceptors (Lipinski definition) is 4. The first-order valence-corrected chi connectivity index (χ1v) is 8.51. The van der Waals surface area contributed by atoms with Gasteiger partial charge in [0.15, 0.2) is 0 Å². The molecule has 3 N–H and O–H groups in total. The Morgan fingerprint density at radius 3 is 2.63 bits per heavy atom. The molecular weight excluding hydrogens is 387 g/mol. The van der Waals surface area contributed by atoms with Crippen LogP contribution >= 0.6 is 24.8 Å². The third-order valence-electron chi connectivity index (χ3n) is 4.26. The summed E-state index contributed by atoms with van der Waals surface area (Å²) >= 11 is 0. The van der Waals surface area contributed by atoms with Gasteiger partial charge in [-0.2, -0.15) is 0 Å². The molecule has 2 amide bonds. The van der Waals surface area contributed by atoms with Crippen molar-refractivity contribution in [2.45, 2.75) is 19.4 Å². The van der Waals surface area contributed by atoms with Gasteiger partial charge in [-0.25, -0.2) is 0 Å². The number of hydrogen-bond donors (Lipinski definition) is 3. The molecule has 6 nitrogen and oxygen atoms in total. The minimum Gasteiger partial charge on any atom is -0.352 e. The summed E-state index contributed by atoms with van der Waals surface area (Å²) in [6, 6.07) is 10.8. The summed E-state index contributed by atoms with van der Waals surface area (Å²) in [5, 5.41) is 9.09. The van der Waals surface area contributed by atoms with Crippen molar-refractivity contribution in [3.05, 3.63) is 59.9 Å². The number of amides is 2. The van der Waals surface area contributed by atoms with Crippen molar-refractivity contribution in [1.29, 1.82) is 0 Å². The van der Waals surface area contributed by atoms with Crippen molar-refractivity contribution >= 4 is 42.3 Å². The van der Waals surface area contributed by atoms with Gasteiger partial charge in [0.2, 0.25) is 5.91 Å². The molecule has 1 atom stereocenters. The molecular formula is C19H24Cl2N4O2. The van der Waals surface area contributed by atoms with Crippen molar-refractivity contribution < 1.29 is 9.59 Å². The molecule has 27 heavy (non-hydrogen) atoms. The van der Waals surface area contributed by atoms with Crippen LogP contribution in [0.2, 0.25) is 0 Å². The molecule has 1 unspecified atom stereocenters. The van der Waals surface area contributed by atoms with Crippen LogP contribution in [-0.2, 0) is 11.3 Å². The lowest BCUT2D eigenvalue weighted by molar-refractivity contribution is -0.125. The van der Waals surface area contributed by atoms with Crippen LogP contribution in [0.15, 0.2) is 48.8 Å². The summed E-state index contributed by atoms with van der Waals surface area (Å²) in [5.41, 5.74) is 2.20. The van der Waals surface area contributed by atoms with Gasteiger partial charge in [0.1, 0.15) is 0 Å². The number of nitrogens with one attached hydrogen (secondary N) is 3. The Balaban J connectivity index is 0.00000182. The van der Waals surface area contributed by atoms with Crippen LogP contribution in [-0.4, -0.2) is 29.9 Å². The van der Waals surface area contributed by atoms with Crippen LogP contribution in [0.25, 0.3) is 0 Å². The van der Waals surface area contributed by atoms with Crippen LogP contribution in [0.4, 0.5) is 5.69 Å². The maximum atomic E-state index is 12.2. The molecule has 1 aromatic heterocycles. The number of piperidine rings is 1. The predicted molar refractivity (Wildman–Crippen MR) is 111 cm³/mol. The fraction of sp³-hybridized carbons (Fsp3) is 0.316. The van der Waals surface area contributed by atoms with E-state index in [1.54, 1.807) is 24.5 Å². The SMILES string of the molecule is Cl.Cl.O=C(Nc1cccc(CNC(=O)C2CCCNC2)c1)c1ccncc1. The van der Waals surface area contributed by atoms with Gasteiger partial charge in [-0.1, -0.05) is 12.1 Å². The average molecular weight is 411 g/mol. The van der Waals surface area contributed by atoms with E-state index in [4.69, 9.17) is 0 Å². The van der Waals surface area contributed by atoms with Gasteiger partial charge in [-0.05, 0) is 49.2 Å². The Morgan fingerprint density at radius 2 is 1.93 bits per heavy atom. The monoisotopic (exact) mass is 410 g/mol. The number of pyridine rings is 1. The fourth-order valence-corrected chi connectivity index (χ4v) is 2.87. The molecule has 1 fully saturated rings. The Morgan fingerprint density at radius 1 is 1.15 bits per heavy atom. The van der Waals surface area contributed by atoms with E-state index in [2.05, 4.69) is 20.9 Å². The van der Waals surface area contributed by atoms with Gasteiger partial charge in [-0.15, -0.1) is 24.8 Å². The number of carbonyl (C=O) groups is 2. The summed E-state index contributed by atoms with van der Waals surface area (Å²) < 4.78 is 0. The third kappa shape index (κ3) is 6.82. The van der Waals surface area contributed by atoms with Crippen molar-refractivity contribution in [3.8, 4) is 0 Å². The lowest BCUT2D eigenvalue weighted by Gasteiger charge is -2.21. The Kier molecular flexibility index (Phi) is 9.78. The van der Waals surface area contributed by atoms with E-state index in [1.807, 2.05) is 24.3 Å². The van der Waals surface area contributed by atoms with E-state index in [-0.39, 0.29) is 42.5 Å². The molecule has 1 aliphatic heterocycles. The Bertz CT molecular complexity index is 737. The molecule has 3 rings (SSSR count). The van der Waals surface area contributed by atoms with Crippen LogP contribution in [0.3, 0.4) is 0 Å². The second kappa shape index (κ2) is 11.5. The highest BCUT2D eigenvalue weighted by Gasteiger charge is 2.20. The first kappa shape index (κ1) is 22.9. The van der Waals surface area contributed by atoms with E-state index < -0.39 is 0 Å². The number of carbonyl (C=O) groups excluding carboxylic acids is 2. The molecule has 0 radical (unpaired) electrons. The van der Waals surface area contributed by atoms with Crippen molar-refractivity contribution in [2.75, 3.05) is 18.4 Å². The first-order chi connectivity index (χ1) is 12.2. The zero-order chi connectivity index (χ0) is 17.5. The minimum absolute atomic E-state index is 0. The van der Waals surface area contributed by atoms with Crippen molar-refractivity contribution in [3.63, 3.8) is 0 Å². The molecule has 2 heterocycles. The van der Waals surface area contributed by atoms with Crippen molar-refractivity contribution in [2.24, 2.45) is 5.92 Å². The molecule has 1 aliphatic rings. The molecule has 1 saturated heterocycles. The third-order valence-corrected chi connectivity index (χ3v) is 4.26. The molecule has 0 bridgehead atoms. The van der Waals surface area contributed by atoms with Crippen molar-refractivity contribution in [1.82, 2.24) is 15.6 Å². The van der Waals surface area contributed by atoms with Gasteiger partial charge in [-0.3, -0.25) is 14.6 Å². The molecule has 146 valence electrons. The first-order valence-electron chi connectivity index (χ1n) is 8.51. The lowest BCUT2D eigenvalue weighted by Crippen LogP contribution is -2.40. The van der Waals surface area contributed by atoms with E-state index >= 15 is 0 Å². The predicted octanol–water partition coefficient (Wildman–Crippen LogP) is 2.79. The van der Waals surface area contributed by atoms with Crippen LogP contribution in [0, 0.1) is 5.92 Å². The lowest BCUT2D eigenvalue weighted by atomic mass is 9.99. The largest absolute Gasteiger partial charge is 0.352 e. The molecule has 2 aromatic rings. The zero-order valence-corrected chi connectivity index (χ0v) is 16.4. The number of nitrogens with zero attached hydrogens (tertiary/aromatic N) is 1. The summed E-state index contributed by atoms with van der Waals surface area (Å²) in [5.74, 6) is -0.0568. The molecule has 0 spiro atoms. The van der Waals surface area contributed by atoms with Gasteiger partial charge in [0.05, 0.1) is 5.92 Å². The van der Waals surface area contributed by atoms with Gasteiger partial charge in [0, 0.05) is 36.7 Å². The molecule has 1 aromatic carbocycles. The maximum absolute atomic E-state index is 12.2. The van der Waals surface area contributed by atoms with E-state index in [0.29, 0.717) is 17.8 Å². The average Bonchev–Trinajstić information content (AvgIpc) is 2.68. The highest BCUT2D eigenvalue weighted by atomic mass is 35.5. The Labute approximate surface area is 171 Å². The molecule has 0 aliphatic carbocycles. The molecule has 8 heteroatoms. The smallest absolute Gasteiger partial charge is 0.255 e. The normalized spacial score (nSPS) is 15.6. The van der Waals surface area contributed by atoms with Gasteiger partial charge < -0.3 is 16.0 Å². The number of aromatic nitrogens is 1. The zero-order valence-electron chi connectivity index (χ0n) is 14.8. The van der Waals surface area contributed by atoms with Gasteiger partial charge in [0.25, 0.3) is 5.91 Å². The number of halogens is 2. The van der Waals surface area contributed by atoms with Crippen LogP contribution in [0.5, 0.6) is 0 Å². The van der Waals surface area contributed by atoms with E-state index in [9.17, 15) is 9.59 Å². The van der Waals surface area contributed by atoms with Gasteiger partial charge >= 0.3 is 0 Å². The second-order valence-electron chi connectivity index (χ2n) is 6.15. The number of benzene rings is 1. The van der Waals surface area contributed by atoms with Crippen LogP contribution < -0.4 is 16.0 Å². The number of rotatable bonds is 5. The minimum atomic E-state index is -0.183. The summed E-state index contributed by atoms with van der Waals surface area (Å²) in [7, 11) is 0. The van der Waals surface area contributed by atoms with Crippen LogP contribution in [0.1, 0.15) is 28.8 Å². The van der Waals surface area contributed by atoms with E-state index in [1.165, 1.54) is 0 Å². The standard InChI is InChI=1S/C19H22N4O2.2ClH/c24-18(16-4-2-8-21-13-16)22-12-14-3-1-5-17(11-14)23-19(25)15-6-9-20-10-7-15;;/h1,3,5-7,9-11,16,21H,2,4,8,12-13H2,(H,22,24)(H,23,25);2*1H. The number of anilines is 1. The topological polar surface area (TPSA) is 83.1 Å². The Hall–Kier alpha value is -2.15. The summed E-state index contributed by atoms with van der Waals surface area (Å²) in [4.78, 5) is 28.3. The molecule has 0 saturated carbocycles. The highest BCUT2D eigenvalue weighted by molar-refractivity contribution is 6.04. The highest BCUT2D eigenvalue weighted by Crippen LogP contribution is 2.13. The van der Waals surface area contributed by atoms with E-state index in [0.717, 1.165) is 31.5 Å². The summed E-state index contributed by atoms with van der Waals surface area (Å²) in [6.45, 7) is 2.19. The fourth-order valence-electron chi connectivity index (χ4n) is 2.87.